The fourth-order valence-corrected chi connectivity index (χ4v) is 1.81. The Morgan fingerprint density at radius 3 is 2.37 bits per heavy atom. The second kappa shape index (κ2) is 6.48. The Kier molecular flexibility index (Phi) is 5.25. The van der Waals surface area contributed by atoms with Gasteiger partial charge in [0.1, 0.15) is 6.04 Å². The van der Waals surface area contributed by atoms with Crippen molar-refractivity contribution >= 4 is 17.8 Å². The summed E-state index contributed by atoms with van der Waals surface area (Å²) in [7, 11) is 0. The van der Waals surface area contributed by atoms with Gasteiger partial charge in [-0.15, -0.1) is 0 Å². The quantitative estimate of drug-likeness (QED) is 0.455. The van der Waals surface area contributed by atoms with Crippen molar-refractivity contribution < 1.29 is 24.2 Å². The van der Waals surface area contributed by atoms with Crippen molar-refractivity contribution in [3.05, 3.63) is 0 Å². The number of hydrogen-bond donors (Lipinski definition) is 4. The molecule has 1 saturated heterocycles. The highest BCUT2D eigenvalue weighted by atomic mass is 16.5. The van der Waals surface area contributed by atoms with Crippen molar-refractivity contribution in [3.63, 3.8) is 0 Å². The molecule has 0 aliphatic carbocycles. The van der Waals surface area contributed by atoms with Crippen LogP contribution in [0.3, 0.4) is 0 Å². The van der Waals surface area contributed by atoms with Crippen molar-refractivity contribution in [3.8, 4) is 0 Å². The van der Waals surface area contributed by atoms with E-state index in [1.807, 2.05) is 0 Å². The molecule has 1 fully saturated rings. The number of nitrogens with two attached hydrogens (primary N) is 2. The molecule has 1 atom stereocenters. The number of ether oxygens (including phenoxy) is 1. The van der Waals surface area contributed by atoms with Crippen LogP contribution in [-0.4, -0.2) is 47.7 Å². The van der Waals surface area contributed by atoms with Gasteiger partial charge in [0.15, 0.2) is 0 Å². The topological polar surface area (TPSA) is 145 Å². The van der Waals surface area contributed by atoms with Crippen LogP contribution < -0.4 is 16.8 Å². The van der Waals surface area contributed by atoms with Gasteiger partial charge in [0, 0.05) is 19.6 Å². The molecular weight excluding hydrogens is 254 g/mol. The third-order valence-electron chi connectivity index (χ3n) is 3.12. The number of nitrogens with one attached hydrogen (secondary N) is 1. The van der Waals surface area contributed by atoms with Crippen molar-refractivity contribution in [1.82, 2.24) is 5.32 Å². The molecule has 108 valence electrons. The highest BCUT2D eigenvalue weighted by Crippen LogP contribution is 2.18. The van der Waals surface area contributed by atoms with Crippen LogP contribution in [0.2, 0.25) is 0 Å². The third-order valence-corrected chi connectivity index (χ3v) is 3.12. The summed E-state index contributed by atoms with van der Waals surface area (Å²) < 4.78 is 5.11. The number of carbonyl (C=O) groups is 3. The number of carboxylic acid groups (broad SMARTS) is 1. The minimum atomic E-state index is -1.22. The van der Waals surface area contributed by atoms with Crippen LogP contribution in [0.5, 0.6) is 0 Å². The summed E-state index contributed by atoms with van der Waals surface area (Å²) in [5.74, 6) is -2.37. The van der Waals surface area contributed by atoms with Gasteiger partial charge in [-0.2, -0.15) is 0 Å². The first kappa shape index (κ1) is 15.4. The largest absolute Gasteiger partial charge is 0.480 e. The predicted octanol–water partition coefficient (Wildman–Crippen LogP) is -1.67. The summed E-state index contributed by atoms with van der Waals surface area (Å²) in [4.78, 5) is 33.7. The van der Waals surface area contributed by atoms with Crippen molar-refractivity contribution in [1.29, 1.82) is 0 Å². The molecular formula is C11H19N3O5. The molecule has 1 heterocycles. The van der Waals surface area contributed by atoms with E-state index < -0.39 is 29.4 Å². The second-order valence-electron chi connectivity index (χ2n) is 4.64. The minimum Gasteiger partial charge on any atom is -0.480 e. The lowest BCUT2D eigenvalue weighted by Crippen LogP contribution is -2.59. The maximum absolute atomic E-state index is 12.0. The SMILES string of the molecule is NC(=O)CC[C@@H](NC(=O)C1(N)CCOCC1)C(=O)O. The number of rotatable bonds is 6. The average Bonchev–Trinajstić information content (AvgIpc) is 2.34. The first-order valence-corrected chi connectivity index (χ1v) is 6.04. The van der Waals surface area contributed by atoms with Gasteiger partial charge in [0.2, 0.25) is 11.8 Å². The predicted molar refractivity (Wildman–Crippen MR) is 65.0 cm³/mol. The molecule has 0 unspecified atom stereocenters. The Morgan fingerprint density at radius 2 is 1.89 bits per heavy atom. The number of hydrogen-bond acceptors (Lipinski definition) is 5. The van der Waals surface area contributed by atoms with Crippen LogP contribution in [0.25, 0.3) is 0 Å². The van der Waals surface area contributed by atoms with Crippen LogP contribution in [0.15, 0.2) is 0 Å². The molecule has 0 radical (unpaired) electrons. The summed E-state index contributed by atoms with van der Waals surface area (Å²) in [6.07, 6.45) is 0.503. The lowest BCUT2D eigenvalue weighted by atomic mass is 9.90. The lowest BCUT2D eigenvalue weighted by Gasteiger charge is -2.32. The Morgan fingerprint density at radius 1 is 1.32 bits per heavy atom. The Labute approximate surface area is 110 Å². The monoisotopic (exact) mass is 273 g/mol. The van der Waals surface area contributed by atoms with Crippen LogP contribution >= 0.6 is 0 Å². The Bertz CT molecular complexity index is 365. The summed E-state index contributed by atoms with van der Waals surface area (Å²) >= 11 is 0. The molecule has 1 aliphatic heterocycles. The third kappa shape index (κ3) is 4.49. The van der Waals surface area contributed by atoms with Crippen molar-refractivity contribution in [2.75, 3.05) is 13.2 Å². The summed E-state index contributed by atoms with van der Waals surface area (Å²) in [5, 5.41) is 11.3. The van der Waals surface area contributed by atoms with E-state index in [2.05, 4.69) is 5.32 Å². The molecule has 2 amide bonds. The highest BCUT2D eigenvalue weighted by Gasteiger charge is 2.37. The van der Waals surface area contributed by atoms with Crippen LogP contribution in [0, 0.1) is 0 Å². The van der Waals surface area contributed by atoms with E-state index in [0.717, 1.165) is 0 Å². The number of carbonyl (C=O) groups excluding carboxylic acids is 2. The first-order valence-electron chi connectivity index (χ1n) is 6.04. The van der Waals surface area contributed by atoms with Gasteiger partial charge in [-0.25, -0.2) is 4.79 Å². The zero-order valence-electron chi connectivity index (χ0n) is 10.6. The van der Waals surface area contributed by atoms with E-state index in [4.69, 9.17) is 21.3 Å². The molecule has 8 nitrogen and oxygen atoms in total. The normalized spacial score (nSPS) is 19.4. The Hall–Kier alpha value is -1.67. The number of amides is 2. The lowest BCUT2D eigenvalue weighted by molar-refractivity contribution is -0.143. The molecule has 19 heavy (non-hydrogen) atoms. The molecule has 0 bridgehead atoms. The highest BCUT2D eigenvalue weighted by molar-refractivity contribution is 5.90. The van der Waals surface area contributed by atoms with E-state index in [1.165, 1.54) is 0 Å². The van der Waals surface area contributed by atoms with E-state index in [1.54, 1.807) is 0 Å². The molecule has 0 spiro atoms. The van der Waals surface area contributed by atoms with Gasteiger partial charge in [-0.3, -0.25) is 9.59 Å². The van der Waals surface area contributed by atoms with Crippen molar-refractivity contribution in [2.45, 2.75) is 37.3 Å². The van der Waals surface area contributed by atoms with Gasteiger partial charge in [-0.05, 0) is 19.3 Å². The molecule has 0 aromatic carbocycles. The standard InChI is InChI=1S/C11H19N3O5/c12-8(15)2-1-7(9(16)17)14-10(18)11(13)3-5-19-6-4-11/h7H,1-6,13H2,(H2,12,15)(H,14,18)(H,16,17)/t7-/m1/s1. The Balaban J connectivity index is 2.59. The zero-order valence-corrected chi connectivity index (χ0v) is 10.6. The molecule has 1 rings (SSSR count). The minimum absolute atomic E-state index is 0.0526. The maximum Gasteiger partial charge on any atom is 0.326 e. The van der Waals surface area contributed by atoms with Gasteiger partial charge < -0.3 is 26.6 Å². The molecule has 0 aromatic rings. The van der Waals surface area contributed by atoms with Gasteiger partial charge in [0.05, 0.1) is 5.54 Å². The van der Waals surface area contributed by atoms with Crippen molar-refractivity contribution in [2.24, 2.45) is 11.5 Å². The van der Waals surface area contributed by atoms with E-state index in [-0.39, 0.29) is 12.8 Å². The molecule has 8 heteroatoms. The van der Waals surface area contributed by atoms with Crippen LogP contribution in [-0.2, 0) is 19.1 Å². The van der Waals surface area contributed by atoms with Gasteiger partial charge in [0.25, 0.3) is 0 Å². The van der Waals surface area contributed by atoms with E-state index in [0.29, 0.717) is 26.1 Å². The van der Waals surface area contributed by atoms with E-state index in [9.17, 15) is 14.4 Å². The summed E-state index contributed by atoms with van der Waals surface area (Å²) in [5.41, 5.74) is 9.77. The maximum atomic E-state index is 12.0. The van der Waals surface area contributed by atoms with E-state index >= 15 is 0 Å². The smallest absolute Gasteiger partial charge is 0.326 e. The van der Waals surface area contributed by atoms with Crippen LogP contribution in [0.4, 0.5) is 0 Å². The molecule has 0 aromatic heterocycles. The fourth-order valence-electron chi connectivity index (χ4n) is 1.81. The zero-order chi connectivity index (χ0) is 14.5. The van der Waals surface area contributed by atoms with Crippen LogP contribution in [0.1, 0.15) is 25.7 Å². The average molecular weight is 273 g/mol. The number of aliphatic carboxylic acids is 1. The molecule has 6 N–H and O–H groups in total. The second-order valence-corrected chi connectivity index (χ2v) is 4.64. The number of primary amides is 1. The summed E-state index contributed by atoms with van der Waals surface area (Å²) in [6.45, 7) is 0.728. The molecule has 0 saturated carbocycles. The van der Waals surface area contributed by atoms with Gasteiger partial charge >= 0.3 is 5.97 Å². The fraction of sp³-hybridized carbons (Fsp3) is 0.727. The van der Waals surface area contributed by atoms with Gasteiger partial charge in [-0.1, -0.05) is 0 Å². The number of carboxylic acids is 1. The first-order chi connectivity index (χ1) is 8.85. The molecule has 1 aliphatic rings. The summed E-state index contributed by atoms with van der Waals surface area (Å²) in [6, 6.07) is -1.16.